The fourth-order valence-electron chi connectivity index (χ4n) is 2.49. The quantitative estimate of drug-likeness (QED) is 0.799. The first kappa shape index (κ1) is 12.3. The first-order valence-electron chi connectivity index (χ1n) is 6.31. The van der Waals surface area contributed by atoms with E-state index >= 15 is 0 Å². The van der Waals surface area contributed by atoms with Crippen molar-refractivity contribution in [2.45, 2.75) is 33.9 Å². The highest BCUT2D eigenvalue weighted by Crippen LogP contribution is 2.23. The van der Waals surface area contributed by atoms with E-state index in [2.05, 4.69) is 14.8 Å². The summed E-state index contributed by atoms with van der Waals surface area (Å²) in [4.78, 5) is 16.7. The number of fused-ring (bicyclic) bond motifs is 1. The van der Waals surface area contributed by atoms with Crippen LogP contribution >= 0.6 is 11.3 Å². The van der Waals surface area contributed by atoms with Crippen molar-refractivity contribution >= 4 is 17.2 Å². The molecule has 1 aliphatic rings. The third kappa shape index (κ3) is 2.06. The van der Waals surface area contributed by atoms with Crippen LogP contribution < -0.4 is 0 Å². The highest BCUT2D eigenvalue weighted by molar-refractivity contribution is 7.12. The molecule has 0 saturated carbocycles. The summed E-state index contributed by atoms with van der Waals surface area (Å²) in [5.41, 5.74) is 0.826. The Balaban J connectivity index is 1.85. The van der Waals surface area contributed by atoms with Gasteiger partial charge in [0.05, 0.1) is 12.1 Å². The summed E-state index contributed by atoms with van der Waals surface area (Å²) in [5.74, 6) is 1.90. The molecule has 0 saturated heterocycles. The number of amides is 1. The van der Waals surface area contributed by atoms with Crippen LogP contribution in [0.1, 0.15) is 31.8 Å². The minimum absolute atomic E-state index is 0.105. The predicted octanol–water partition coefficient (Wildman–Crippen LogP) is 1.92. The molecule has 2 aromatic rings. The second kappa shape index (κ2) is 4.45. The van der Waals surface area contributed by atoms with Gasteiger partial charge in [-0.25, -0.2) is 0 Å². The number of carbonyl (C=O) groups is 1. The van der Waals surface area contributed by atoms with Crippen LogP contribution in [0.3, 0.4) is 0 Å². The van der Waals surface area contributed by atoms with Crippen molar-refractivity contribution in [3.63, 3.8) is 0 Å². The lowest BCUT2D eigenvalue weighted by molar-refractivity contribution is 0.0706. The van der Waals surface area contributed by atoms with Gasteiger partial charge < -0.3 is 9.47 Å². The molecule has 100 valence electrons. The van der Waals surface area contributed by atoms with E-state index in [1.807, 2.05) is 31.7 Å². The molecule has 1 aliphatic heterocycles. The Kier molecular flexibility index (Phi) is 2.89. The van der Waals surface area contributed by atoms with E-state index in [1.165, 1.54) is 4.88 Å². The van der Waals surface area contributed by atoms with E-state index in [0.717, 1.165) is 35.2 Å². The zero-order valence-electron chi connectivity index (χ0n) is 11.3. The van der Waals surface area contributed by atoms with E-state index in [9.17, 15) is 4.79 Å². The van der Waals surface area contributed by atoms with Crippen molar-refractivity contribution in [1.82, 2.24) is 19.7 Å². The molecule has 0 radical (unpaired) electrons. The van der Waals surface area contributed by atoms with Crippen LogP contribution in [0, 0.1) is 20.8 Å². The van der Waals surface area contributed by atoms with Crippen LogP contribution in [-0.2, 0) is 13.1 Å². The maximum atomic E-state index is 12.5. The molecule has 5 nitrogen and oxygen atoms in total. The molecule has 0 atom stereocenters. The maximum Gasteiger partial charge on any atom is 0.255 e. The molecular weight excluding hydrogens is 260 g/mol. The molecule has 1 amide bonds. The van der Waals surface area contributed by atoms with Gasteiger partial charge in [-0.1, -0.05) is 0 Å². The fraction of sp³-hybridized carbons (Fsp3) is 0.462. The van der Waals surface area contributed by atoms with Crippen LogP contribution in [0.25, 0.3) is 0 Å². The summed E-state index contributed by atoms with van der Waals surface area (Å²) in [6.07, 6.45) is 0. The summed E-state index contributed by atoms with van der Waals surface area (Å²) in [5, 5.41) is 8.20. The molecule has 0 N–H and O–H groups in total. The Morgan fingerprint density at radius 3 is 2.74 bits per heavy atom. The highest BCUT2D eigenvalue weighted by atomic mass is 32.1. The van der Waals surface area contributed by atoms with Gasteiger partial charge in [0.15, 0.2) is 5.82 Å². The first-order chi connectivity index (χ1) is 9.06. The van der Waals surface area contributed by atoms with E-state index in [4.69, 9.17) is 0 Å². The molecule has 3 heterocycles. The van der Waals surface area contributed by atoms with Gasteiger partial charge in [0.1, 0.15) is 5.82 Å². The largest absolute Gasteiger partial charge is 0.329 e. The first-order valence-corrected chi connectivity index (χ1v) is 7.13. The van der Waals surface area contributed by atoms with Crippen LogP contribution in [-0.4, -0.2) is 32.1 Å². The number of aromatic nitrogens is 3. The molecule has 0 aliphatic carbocycles. The van der Waals surface area contributed by atoms with Crippen molar-refractivity contribution in [3.8, 4) is 0 Å². The molecule has 3 rings (SSSR count). The Morgan fingerprint density at radius 2 is 2.05 bits per heavy atom. The summed E-state index contributed by atoms with van der Waals surface area (Å²) < 4.78 is 2.08. The fourth-order valence-corrected chi connectivity index (χ4v) is 3.41. The van der Waals surface area contributed by atoms with Gasteiger partial charge in [0.2, 0.25) is 0 Å². The Morgan fingerprint density at radius 1 is 1.26 bits per heavy atom. The van der Waals surface area contributed by atoms with Crippen LogP contribution in [0.15, 0.2) is 6.07 Å². The van der Waals surface area contributed by atoms with E-state index in [-0.39, 0.29) is 5.91 Å². The highest BCUT2D eigenvalue weighted by Gasteiger charge is 2.25. The summed E-state index contributed by atoms with van der Waals surface area (Å²) in [6, 6.07) is 1.98. The van der Waals surface area contributed by atoms with Gasteiger partial charge in [-0.2, -0.15) is 0 Å². The summed E-state index contributed by atoms with van der Waals surface area (Å²) >= 11 is 1.67. The predicted molar refractivity (Wildman–Crippen MR) is 73.3 cm³/mol. The molecule has 2 aromatic heterocycles. The number of hydrogen-bond acceptors (Lipinski definition) is 4. The topological polar surface area (TPSA) is 51.0 Å². The zero-order chi connectivity index (χ0) is 13.6. The number of thiophene rings is 1. The summed E-state index contributed by atoms with van der Waals surface area (Å²) in [6.45, 7) is 8.03. The van der Waals surface area contributed by atoms with Gasteiger partial charge in [-0.15, -0.1) is 21.5 Å². The normalized spacial score (nSPS) is 14.6. The van der Waals surface area contributed by atoms with Crippen LogP contribution in [0.5, 0.6) is 0 Å². The van der Waals surface area contributed by atoms with Crippen LogP contribution in [0.2, 0.25) is 0 Å². The van der Waals surface area contributed by atoms with Crippen molar-refractivity contribution in [2.75, 3.05) is 6.54 Å². The minimum Gasteiger partial charge on any atom is -0.329 e. The molecule has 0 aromatic carbocycles. The van der Waals surface area contributed by atoms with Crippen molar-refractivity contribution in [1.29, 1.82) is 0 Å². The lowest BCUT2D eigenvalue weighted by atomic mass is 10.2. The zero-order valence-corrected chi connectivity index (χ0v) is 12.1. The third-order valence-corrected chi connectivity index (χ3v) is 4.46. The van der Waals surface area contributed by atoms with E-state index in [0.29, 0.717) is 6.54 Å². The smallest absolute Gasteiger partial charge is 0.255 e. The Labute approximate surface area is 115 Å². The molecule has 0 unspecified atom stereocenters. The molecule has 19 heavy (non-hydrogen) atoms. The van der Waals surface area contributed by atoms with Gasteiger partial charge in [0.25, 0.3) is 5.91 Å². The van der Waals surface area contributed by atoms with Gasteiger partial charge in [-0.05, 0) is 26.8 Å². The lowest BCUT2D eigenvalue weighted by Crippen LogP contribution is -2.38. The molecule has 0 bridgehead atoms. The Hall–Kier alpha value is -1.69. The van der Waals surface area contributed by atoms with Gasteiger partial charge in [-0.3, -0.25) is 4.79 Å². The SMILES string of the molecule is Cc1cc(C(=O)N2CCn3c(C)nnc3C2)c(C)s1. The van der Waals surface area contributed by atoms with Crippen molar-refractivity contribution in [3.05, 3.63) is 33.0 Å². The number of aryl methyl sites for hydroxylation is 3. The molecule has 6 heteroatoms. The second-order valence-corrected chi connectivity index (χ2v) is 6.33. The average molecular weight is 276 g/mol. The van der Waals surface area contributed by atoms with E-state index in [1.54, 1.807) is 11.3 Å². The number of hydrogen-bond donors (Lipinski definition) is 0. The summed E-state index contributed by atoms with van der Waals surface area (Å²) in [7, 11) is 0. The molecular formula is C13H16N4OS. The molecule has 0 spiro atoms. The Bertz CT molecular complexity index is 643. The van der Waals surface area contributed by atoms with E-state index < -0.39 is 0 Å². The third-order valence-electron chi connectivity index (χ3n) is 3.50. The minimum atomic E-state index is 0.105. The van der Waals surface area contributed by atoms with Crippen molar-refractivity contribution < 1.29 is 4.79 Å². The number of carbonyl (C=O) groups excluding carboxylic acids is 1. The maximum absolute atomic E-state index is 12.5. The lowest BCUT2D eigenvalue weighted by Gasteiger charge is -2.27. The monoisotopic (exact) mass is 276 g/mol. The molecule has 0 fully saturated rings. The van der Waals surface area contributed by atoms with Gasteiger partial charge >= 0.3 is 0 Å². The number of nitrogens with zero attached hydrogens (tertiary/aromatic N) is 4. The second-order valence-electron chi connectivity index (χ2n) is 4.87. The van der Waals surface area contributed by atoms with Crippen molar-refractivity contribution in [2.24, 2.45) is 0 Å². The van der Waals surface area contributed by atoms with Gasteiger partial charge in [0, 0.05) is 22.8 Å². The average Bonchev–Trinajstić information content (AvgIpc) is 2.92. The number of rotatable bonds is 1. The van der Waals surface area contributed by atoms with Crippen LogP contribution in [0.4, 0.5) is 0 Å². The standard InChI is InChI=1S/C13H16N4OS/c1-8-6-11(9(2)19-8)13(18)16-4-5-17-10(3)14-15-12(17)7-16/h6H,4-5,7H2,1-3H3.